The average Bonchev–Trinajstić information content (AvgIpc) is 2.38. The minimum absolute atomic E-state index is 0.0183. The highest BCUT2D eigenvalue weighted by molar-refractivity contribution is 7.99. The number of non-ortho nitro benzene ring substituents is 1. The monoisotopic (exact) mass is 280 g/mol. The Labute approximate surface area is 116 Å². The van der Waals surface area contributed by atoms with Gasteiger partial charge in [-0.15, -0.1) is 18.2 Å². The average molecular weight is 280 g/mol. The molecule has 1 aromatic carbocycles. The minimum atomic E-state index is -0.430. The maximum atomic E-state index is 10.8. The van der Waals surface area contributed by atoms with Crippen molar-refractivity contribution in [1.29, 1.82) is 0 Å². The van der Waals surface area contributed by atoms with Gasteiger partial charge in [-0.2, -0.15) is 0 Å². The summed E-state index contributed by atoms with van der Waals surface area (Å²) in [5.74, 6) is 4.55. The summed E-state index contributed by atoms with van der Waals surface area (Å²) in [6.07, 6.45) is 5.15. The normalized spacial score (nSPS) is 9.68. The fraction of sp³-hybridized carbons (Fsp3) is 0.385. The van der Waals surface area contributed by atoms with Gasteiger partial charge in [0, 0.05) is 30.1 Å². The highest BCUT2D eigenvalue weighted by Crippen LogP contribution is 2.26. The first-order valence-corrected chi connectivity index (χ1v) is 7.00. The number of anilines is 1. The first kappa shape index (κ1) is 15.2. The van der Waals surface area contributed by atoms with Crippen molar-refractivity contribution in [2.75, 3.05) is 30.0 Å². The van der Waals surface area contributed by atoms with E-state index in [4.69, 9.17) is 11.2 Å². The molecule has 0 aliphatic rings. The predicted molar refractivity (Wildman–Crippen MR) is 78.9 cm³/mol. The second kappa shape index (κ2) is 8.27. The van der Waals surface area contributed by atoms with Crippen LogP contribution in [0.15, 0.2) is 18.2 Å². The second-order valence-electron chi connectivity index (χ2n) is 3.59. The van der Waals surface area contributed by atoms with E-state index in [0.717, 1.165) is 5.75 Å². The van der Waals surface area contributed by atoms with Gasteiger partial charge in [-0.1, -0.05) is 5.92 Å². The molecule has 0 saturated carbocycles. The molecule has 0 aromatic heterocycles. The van der Waals surface area contributed by atoms with Gasteiger partial charge in [0.15, 0.2) is 0 Å². The van der Waals surface area contributed by atoms with Crippen LogP contribution >= 0.6 is 11.8 Å². The lowest BCUT2D eigenvalue weighted by molar-refractivity contribution is -0.384. The van der Waals surface area contributed by atoms with Crippen molar-refractivity contribution >= 4 is 23.1 Å². The first-order chi connectivity index (χ1) is 9.17. The van der Waals surface area contributed by atoms with Crippen LogP contribution in [0.2, 0.25) is 0 Å². The van der Waals surface area contributed by atoms with Crippen molar-refractivity contribution in [2.24, 2.45) is 0 Å². The first-order valence-electron chi connectivity index (χ1n) is 5.84. The summed E-state index contributed by atoms with van der Waals surface area (Å²) in [5, 5.41) is 13.9. The molecule has 0 aliphatic heterocycles. The van der Waals surface area contributed by atoms with E-state index in [-0.39, 0.29) is 5.69 Å². The number of hydrogen-bond donors (Lipinski definition) is 1. The lowest BCUT2D eigenvalue weighted by atomic mass is 10.2. The maximum absolute atomic E-state index is 10.8. The third kappa shape index (κ3) is 5.53. The van der Waals surface area contributed by atoms with Crippen molar-refractivity contribution in [3.8, 4) is 18.1 Å². The fourth-order valence-electron chi connectivity index (χ4n) is 1.44. The van der Waals surface area contributed by atoms with Crippen LogP contribution in [0.25, 0.3) is 0 Å². The van der Waals surface area contributed by atoms with Gasteiger partial charge in [-0.05, 0) is 6.92 Å². The standard InChI is InChI=1S/C13H16N2O3S/c1-3-6-19-7-5-14-11-8-12(15(16)17)10-13(9-11)18-4-2/h1,8-10,14H,4-7H2,2H3. The molecule has 1 N–H and O–H groups in total. The Kier molecular flexibility index (Phi) is 6.61. The van der Waals surface area contributed by atoms with Crippen LogP contribution in [0.5, 0.6) is 5.75 Å². The quantitative estimate of drug-likeness (QED) is 0.343. The summed E-state index contributed by atoms with van der Waals surface area (Å²) >= 11 is 1.63. The Morgan fingerprint density at radius 2 is 2.32 bits per heavy atom. The van der Waals surface area contributed by atoms with Gasteiger partial charge >= 0.3 is 0 Å². The number of ether oxygens (including phenoxy) is 1. The lowest BCUT2D eigenvalue weighted by Crippen LogP contribution is -2.05. The van der Waals surface area contributed by atoms with Crippen LogP contribution < -0.4 is 10.1 Å². The van der Waals surface area contributed by atoms with Gasteiger partial charge in [-0.3, -0.25) is 10.1 Å². The molecule has 0 radical (unpaired) electrons. The molecule has 0 saturated heterocycles. The number of rotatable bonds is 8. The Balaban J connectivity index is 2.65. The molecule has 0 aliphatic carbocycles. The van der Waals surface area contributed by atoms with E-state index >= 15 is 0 Å². The van der Waals surface area contributed by atoms with E-state index in [1.807, 2.05) is 6.92 Å². The highest BCUT2D eigenvalue weighted by Gasteiger charge is 2.10. The zero-order chi connectivity index (χ0) is 14.1. The molecule has 1 aromatic rings. The van der Waals surface area contributed by atoms with Gasteiger partial charge in [0.1, 0.15) is 5.75 Å². The SMILES string of the molecule is C#CCSCCNc1cc(OCC)cc([N+](=O)[O-])c1. The van der Waals surface area contributed by atoms with E-state index < -0.39 is 4.92 Å². The Morgan fingerprint density at radius 1 is 1.53 bits per heavy atom. The molecule has 0 spiro atoms. The number of thioether (sulfide) groups is 1. The van der Waals surface area contributed by atoms with E-state index in [1.54, 1.807) is 17.8 Å². The summed E-state index contributed by atoms with van der Waals surface area (Å²) in [4.78, 5) is 10.4. The summed E-state index contributed by atoms with van der Waals surface area (Å²) < 4.78 is 5.31. The van der Waals surface area contributed by atoms with Crippen LogP contribution in [0.4, 0.5) is 11.4 Å². The van der Waals surface area contributed by atoms with Crippen molar-refractivity contribution in [3.63, 3.8) is 0 Å². The highest BCUT2D eigenvalue weighted by atomic mass is 32.2. The van der Waals surface area contributed by atoms with Gasteiger partial charge in [-0.25, -0.2) is 0 Å². The smallest absolute Gasteiger partial charge is 0.275 e. The number of nitrogens with zero attached hydrogens (tertiary/aromatic N) is 1. The molecule has 0 amide bonds. The number of nitro benzene ring substituents is 1. The zero-order valence-corrected chi connectivity index (χ0v) is 11.5. The van der Waals surface area contributed by atoms with Gasteiger partial charge in [0.05, 0.1) is 23.3 Å². The van der Waals surface area contributed by atoms with Crippen LogP contribution in [-0.4, -0.2) is 29.6 Å². The molecular formula is C13H16N2O3S. The second-order valence-corrected chi connectivity index (χ2v) is 4.69. The van der Waals surface area contributed by atoms with Crippen LogP contribution in [0.1, 0.15) is 6.92 Å². The van der Waals surface area contributed by atoms with Crippen LogP contribution in [0, 0.1) is 22.5 Å². The van der Waals surface area contributed by atoms with E-state index in [0.29, 0.717) is 30.3 Å². The van der Waals surface area contributed by atoms with Crippen molar-refractivity contribution < 1.29 is 9.66 Å². The number of terminal acetylenes is 1. The number of benzene rings is 1. The number of nitrogens with one attached hydrogen (secondary N) is 1. The largest absolute Gasteiger partial charge is 0.494 e. The molecule has 5 nitrogen and oxygen atoms in total. The van der Waals surface area contributed by atoms with Crippen LogP contribution in [0.3, 0.4) is 0 Å². The Hall–Kier alpha value is -1.87. The minimum Gasteiger partial charge on any atom is -0.494 e. The van der Waals surface area contributed by atoms with Crippen LogP contribution in [-0.2, 0) is 0 Å². The van der Waals surface area contributed by atoms with Crippen molar-refractivity contribution in [2.45, 2.75) is 6.92 Å². The Morgan fingerprint density at radius 3 is 2.95 bits per heavy atom. The van der Waals surface area contributed by atoms with E-state index in [2.05, 4.69) is 11.2 Å². The van der Waals surface area contributed by atoms with Crippen molar-refractivity contribution in [1.82, 2.24) is 0 Å². The molecule has 6 heteroatoms. The molecule has 102 valence electrons. The van der Waals surface area contributed by atoms with Crippen molar-refractivity contribution in [3.05, 3.63) is 28.3 Å². The Bertz CT molecular complexity index is 471. The molecule has 0 fully saturated rings. The molecule has 0 atom stereocenters. The number of nitro groups is 1. The maximum Gasteiger partial charge on any atom is 0.275 e. The zero-order valence-electron chi connectivity index (χ0n) is 10.7. The van der Waals surface area contributed by atoms with Gasteiger partial charge < -0.3 is 10.1 Å². The van der Waals surface area contributed by atoms with E-state index in [9.17, 15) is 10.1 Å². The molecule has 0 bridgehead atoms. The van der Waals surface area contributed by atoms with Gasteiger partial charge in [0.25, 0.3) is 5.69 Å². The predicted octanol–water partition coefficient (Wildman–Crippen LogP) is 2.77. The van der Waals surface area contributed by atoms with Gasteiger partial charge in [0.2, 0.25) is 0 Å². The fourth-order valence-corrected chi connectivity index (χ4v) is 1.95. The molecule has 1 rings (SSSR count). The van der Waals surface area contributed by atoms with E-state index in [1.165, 1.54) is 12.1 Å². The molecule has 0 heterocycles. The lowest BCUT2D eigenvalue weighted by Gasteiger charge is -2.08. The molecule has 0 unspecified atom stereocenters. The topological polar surface area (TPSA) is 64.4 Å². The summed E-state index contributed by atoms with van der Waals surface area (Å²) in [6, 6.07) is 4.67. The molecular weight excluding hydrogens is 264 g/mol. The summed E-state index contributed by atoms with van der Waals surface area (Å²) in [7, 11) is 0. The summed E-state index contributed by atoms with van der Waals surface area (Å²) in [5.41, 5.74) is 0.698. The third-order valence-electron chi connectivity index (χ3n) is 2.17. The number of hydrogen-bond acceptors (Lipinski definition) is 5. The summed E-state index contributed by atoms with van der Waals surface area (Å²) in [6.45, 7) is 3.00. The third-order valence-corrected chi connectivity index (χ3v) is 3.04. The molecule has 19 heavy (non-hydrogen) atoms.